The molecule has 0 saturated heterocycles. The highest BCUT2D eigenvalue weighted by Crippen LogP contribution is 2.35. The lowest BCUT2D eigenvalue weighted by molar-refractivity contribution is -0.685. The van der Waals surface area contributed by atoms with Gasteiger partial charge in [0.05, 0.1) is 50.6 Å². The summed E-state index contributed by atoms with van der Waals surface area (Å²) in [5.41, 5.74) is 1.37. The SMILES string of the molecule is COc1cc(OC)c(C=CS(=O)Cc2ccc(OC)c(OC(=O)C[n+]3ccccc3)c2)c(OC)c1. The van der Waals surface area contributed by atoms with Gasteiger partial charge in [-0.2, -0.15) is 4.57 Å². The Morgan fingerprint density at radius 2 is 1.51 bits per heavy atom. The van der Waals surface area contributed by atoms with Crippen LogP contribution >= 0.6 is 0 Å². The third-order valence-corrected chi connectivity index (χ3v) is 6.05. The molecule has 184 valence electrons. The third kappa shape index (κ3) is 7.07. The predicted octanol–water partition coefficient (Wildman–Crippen LogP) is 3.53. The zero-order valence-corrected chi connectivity index (χ0v) is 20.9. The quantitative estimate of drug-likeness (QED) is 0.227. The molecule has 3 rings (SSSR count). The van der Waals surface area contributed by atoms with Crippen LogP contribution in [-0.2, 0) is 27.9 Å². The second-order valence-electron chi connectivity index (χ2n) is 7.28. The highest BCUT2D eigenvalue weighted by molar-refractivity contribution is 7.87. The lowest BCUT2D eigenvalue weighted by Crippen LogP contribution is -2.38. The van der Waals surface area contributed by atoms with Gasteiger partial charge in [-0.25, -0.2) is 4.79 Å². The molecule has 35 heavy (non-hydrogen) atoms. The Morgan fingerprint density at radius 1 is 0.857 bits per heavy atom. The first-order valence-electron chi connectivity index (χ1n) is 10.6. The summed E-state index contributed by atoms with van der Waals surface area (Å²) in [6.07, 6.45) is 5.24. The number of ether oxygens (including phenoxy) is 5. The largest absolute Gasteiger partial charge is 0.496 e. The van der Waals surface area contributed by atoms with Crippen LogP contribution in [0.3, 0.4) is 0 Å². The van der Waals surface area contributed by atoms with E-state index in [1.807, 2.05) is 18.2 Å². The molecule has 0 bridgehead atoms. The van der Waals surface area contributed by atoms with Crippen molar-refractivity contribution < 1.29 is 37.3 Å². The van der Waals surface area contributed by atoms with Gasteiger partial charge >= 0.3 is 5.97 Å². The molecule has 0 spiro atoms. The summed E-state index contributed by atoms with van der Waals surface area (Å²) in [5, 5.41) is 1.56. The van der Waals surface area contributed by atoms with Crippen molar-refractivity contribution in [1.29, 1.82) is 0 Å². The standard InChI is InChI=1S/C26H28NO7S/c1-30-20-15-23(32-3)21(24(16-20)33-4)10-13-35(29)18-19-8-9-22(31-2)25(14-19)34-26(28)17-27-11-6-5-7-12-27/h5-16H,17-18H2,1-4H3/q+1. The van der Waals surface area contributed by atoms with Crippen molar-refractivity contribution >= 4 is 22.8 Å². The van der Waals surface area contributed by atoms with Crippen molar-refractivity contribution in [2.75, 3.05) is 28.4 Å². The second-order valence-corrected chi connectivity index (χ2v) is 8.60. The molecule has 0 amide bonds. The number of pyridine rings is 1. The fourth-order valence-electron chi connectivity index (χ4n) is 3.29. The minimum atomic E-state index is -1.37. The minimum absolute atomic E-state index is 0.0500. The summed E-state index contributed by atoms with van der Waals surface area (Å²) >= 11 is 0. The molecule has 0 fully saturated rings. The Morgan fingerprint density at radius 3 is 2.11 bits per heavy atom. The molecular weight excluding hydrogens is 470 g/mol. The van der Waals surface area contributed by atoms with Gasteiger partial charge in [-0.15, -0.1) is 0 Å². The van der Waals surface area contributed by atoms with Gasteiger partial charge in [0, 0.05) is 29.7 Å². The summed E-state index contributed by atoms with van der Waals surface area (Å²) in [4.78, 5) is 12.4. The van der Waals surface area contributed by atoms with Gasteiger partial charge in [-0.1, -0.05) is 12.1 Å². The lowest BCUT2D eigenvalue weighted by atomic mass is 10.1. The highest BCUT2D eigenvalue weighted by Gasteiger charge is 2.16. The number of aromatic nitrogens is 1. The van der Waals surface area contributed by atoms with Crippen LogP contribution in [0.1, 0.15) is 11.1 Å². The van der Waals surface area contributed by atoms with Crippen molar-refractivity contribution in [3.05, 3.63) is 77.5 Å². The van der Waals surface area contributed by atoms with E-state index in [1.54, 1.807) is 80.1 Å². The Balaban J connectivity index is 1.74. The third-order valence-electron chi connectivity index (χ3n) is 4.99. The van der Waals surface area contributed by atoms with Crippen LogP contribution in [0.2, 0.25) is 0 Å². The monoisotopic (exact) mass is 498 g/mol. The average Bonchev–Trinajstić information content (AvgIpc) is 2.87. The van der Waals surface area contributed by atoms with E-state index >= 15 is 0 Å². The Hall–Kier alpha value is -3.85. The zero-order valence-electron chi connectivity index (χ0n) is 20.1. The molecule has 1 heterocycles. The van der Waals surface area contributed by atoms with Gasteiger partial charge in [0.1, 0.15) is 17.2 Å². The molecule has 8 nitrogen and oxygen atoms in total. The number of hydrogen-bond donors (Lipinski definition) is 0. The van der Waals surface area contributed by atoms with E-state index < -0.39 is 16.8 Å². The molecule has 0 saturated carbocycles. The van der Waals surface area contributed by atoms with Gasteiger partial charge in [-0.3, -0.25) is 4.21 Å². The Bertz CT molecular complexity index is 1190. The van der Waals surface area contributed by atoms with Crippen LogP contribution in [-0.4, -0.2) is 38.6 Å². The van der Waals surface area contributed by atoms with Crippen molar-refractivity contribution in [1.82, 2.24) is 0 Å². The summed E-state index contributed by atoms with van der Waals surface area (Å²) in [7, 11) is 4.76. The normalized spacial score (nSPS) is 11.7. The molecule has 0 aliphatic heterocycles. The number of methoxy groups -OCH3 is 4. The number of carbonyl (C=O) groups is 1. The number of nitrogens with zero attached hydrogens (tertiary/aromatic N) is 1. The van der Waals surface area contributed by atoms with Crippen molar-refractivity contribution in [2.45, 2.75) is 12.3 Å². The molecule has 1 atom stereocenters. The van der Waals surface area contributed by atoms with E-state index in [9.17, 15) is 9.00 Å². The molecule has 1 aromatic heterocycles. The maximum atomic E-state index is 12.8. The number of benzene rings is 2. The Kier molecular flexibility index (Phi) is 9.25. The van der Waals surface area contributed by atoms with Crippen LogP contribution in [0, 0.1) is 0 Å². The topological polar surface area (TPSA) is 84.2 Å². The predicted molar refractivity (Wildman–Crippen MR) is 132 cm³/mol. The second kappa shape index (κ2) is 12.6. The first-order chi connectivity index (χ1) is 17.0. The van der Waals surface area contributed by atoms with E-state index in [2.05, 4.69) is 0 Å². The van der Waals surface area contributed by atoms with E-state index in [-0.39, 0.29) is 18.0 Å². The van der Waals surface area contributed by atoms with Gasteiger partial charge in [-0.05, 0) is 23.8 Å². The van der Waals surface area contributed by atoms with E-state index in [0.29, 0.717) is 28.6 Å². The molecule has 0 aliphatic carbocycles. The van der Waals surface area contributed by atoms with Crippen LogP contribution in [0.4, 0.5) is 0 Å². The van der Waals surface area contributed by atoms with Crippen LogP contribution in [0.15, 0.2) is 66.3 Å². The van der Waals surface area contributed by atoms with Crippen molar-refractivity contribution in [3.8, 4) is 28.7 Å². The van der Waals surface area contributed by atoms with Gasteiger partial charge < -0.3 is 23.7 Å². The fraction of sp³-hybridized carbons (Fsp3) is 0.231. The van der Waals surface area contributed by atoms with Gasteiger partial charge in [0.15, 0.2) is 23.9 Å². The molecular formula is C26H28NO7S+. The first-order valence-corrected chi connectivity index (χ1v) is 12.0. The van der Waals surface area contributed by atoms with Crippen LogP contribution in [0.25, 0.3) is 6.08 Å². The van der Waals surface area contributed by atoms with Gasteiger partial charge in [0.2, 0.25) is 6.54 Å². The maximum absolute atomic E-state index is 12.8. The molecule has 0 aliphatic rings. The lowest BCUT2D eigenvalue weighted by Gasteiger charge is -2.12. The fourth-order valence-corrected chi connectivity index (χ4v) is 4.18. The number of carbonyl (C=O) groups excluding carboxylic acids is 1. The minimum Gasteiger partial charge on any atom is -0.496 e. The van der Waals surface area contributed by atoms with Gasteiger partial charge in [0.25, 0.3) is 0 Å². The van der Waals surface area contributed by atoms with Crippen LogP contribution < -0.4 is 28.3 Å². The number of esters is 1. The highest BCUT2D eigenvalue weighted by atomic mass is 32.2. The average molecular weight is 499 g/mol. The van der Waals surface area contributed by atoms with E-state index in [4.69, 9.17) is 23.7 Å². The molecule has 1 unspecified atom stereocenters. The molecule has 9 heteroatoms. The summed E-state index contributed by atoms with van der Waals surface area (Å²) in [5.74, 6) is 2.09. The van der Waals surface area contributed by atoms with E-state index in [1.165, 1.54) is 7.11 Å². The number of rotatable bonds is 11. The molecule has 0 radical (unpaired) electrons. The summed E-state index contributed by atoms with van der Waals surface area (Å²) in [6, 6.07) is 14.1. The molecule has 0 N–H and O–H groups in total. The summed E-state index contributed by atoms with van der Waals surface area (Å²) in [6.45, 7) is 0.0500. The first kappa shape index (κ1) is 25.8. The summed E-state index contributed by atoms with van der Waals surface area (Å²) < 4.78 is 41.5. The van der Waals surface area contributed by atoms with Crippen molar-refractivity contribution in [2.24, 2.45) is 0 Å². The maximum Gasteiger partial charge on any atom is 0.378 e. The Labute approximate surface area is 207 Å². The molecule has 2 aromatic carbocycles. The number of hydrogen-bond acceptors (Lipinski definition) is 7. The van der Waals surface area contributed by atoms with Crippen molar-refractivity contribution in [3.63, 3.8) is 0 Å². The van der Waals surface area contributed by atoms with E-state index in [0.717, 1.165) is 5.56 Å². The van der Waals surface area contributed by atoms with Crippen LogP contribution in [0.5, 0.6) is 28.7 Å². The molecule has 3 aromatic rings. The smallest absolute Gasteiger partial charge is 0.378 e. The zero-order chi connectivity index (χ0) is 25.2.